The highest BCUT2D eigenvalue weighted by atomic mass is 19.1. The van der Waals surface area contributed by atoms with Gasteiger partial charge in [0.15, 0.2) is 11.6 Å². The van der Waals surface area contributed by atoms with Crippen molar-refractivity contribution in [2.75, 3.05) is 26.7 Å². The van der Waals surface area contributed by atoms with E-state index in [-0.39, 0.29) is 16.8 Å². The highest BCUT2D eigenvalue weighted by Gasteiger charge is 2.11. The summed E-state index contributed by atoms with van der Waals surface area (Å²) in [5, 5.41) is 9.18. The maximum atomic E-state index is 13.7. The van der Waals surface area contributed by atoms with E-state index in [1.807, 2.05) is 0 Å². The quantitative estimate of drug-likeness (QED) is 0.914. The molecule has 0 aliphatic heterocycles. The molecular weight excluding hydrogens is 299 g/mol. The number of aromatic carboxylic acids is 1. The van der Waals surface area contributed by atoms with E-state index in [1.165, 1.54) is 38.9 Å². The summed E-state index contributed by atoms with van der Waals surface area (Å²) in [5.74, 6) is -1.59. The average Bonchev–Trinajstić information content (AvgIpc) is 2.57. The molecule has 0 saturated carbocycles. The minimum atomic E-state index is -1.09. The molecule has 5 nitrogen and oxygen atoms in total. The third-order valence-electron chi connectivity index (χ3n) is 3.56. The standard InChI is InChI=1S/C11H8FNO3.C6H15N/c1-16-8-3-2-6-4-7(11(14)15)5-13-10(6)9(8)12;1-4-7(5-2)6-3/h2-5H,1H3,(H,14,15);4-6H2,1-3H3. The van der Waals surface area contributed by atoms with Crippen LogP contribution in [0.4, 0.5) is 4.39 Å². The lowest BCUT2D eigenvalue weighted by Crippen LogP contribution is -2.21. The molecule has 0 unspecified atom stereocenters. The van der Waals surface area contributed by atoms with Crippen molar-refractivity contribution in [3.05, 3.63) is 35.8 Å². The maximum absolute atomic E-state index is 13.7. The molecule has 0 fully saturated rings. The molecular formula is C17H23FN2O3. The Balaban J connectivity index is 0.000000322. The molecule has 6 heteroatoms. The normalized spacial score (nSPS) is 10.3. The van der Waals surface area contributed by atoms with Crippen LogP contribution < -0.4 is 4.74 Å². The van der Waals surface area contributed by atoms with Gasteiger partial charge in [-0.3, -0.25) is 4.98 Å². The minimum absolute atomic E-state index is 0.0251. The Labute approximate surface area is 135 Å². The molecule has 0 bridgehead atoms. The van der Waals surface area contributed by atoms with Crippen LogP contribution in [0.5, 0.6) is 5.75 Å². The first kappa shape index (κ1) is 18.8. The van der Waals surface area contributed by atoms with E-state index in [2.05, 4.69) is 30.7 Å². The van der Waals surface area contributed by atoms with Crippen LogP contribution in [0.2, 0.25) is 0 Å². The van der Waals surface area contributed by atoms with Gasteiger partial charge in [0.1, 0.15) is 5.52 Å². The Bertz CT molecular complexity index is 652. The van der Waals surface area contributed by atoms with Crippen molar-refractivity contribution in [3.8, 4) is 5.75 Å². The molecule has 0 amide bonds. The minimum Gasteiger partial charge on any atom is -0.494 e. The Morgan fingerprint density at radius 3 is 2.30 bits per heavy atom. The van der Waals surface area contributed by atoms with Gasteiger partial charge < -0.3 is 14.7 Å². The zero-order valence-corrected chi connectivity index (χ0v) is 14.0. The Hall–Kier alpha value is -2.21. The van der Waals surface area contributed by atoms with Gasteiger partial charge in [-0.2, -0.15) is 0 Å². The summed E-state index contributed by atoms with van der Waals surface area (Å²) in [6, 6.07) is 4.37. The van der Waals surface area contributed by atoms with E-state index in [9.17, 15) is 9.18 Å². The van der Waals surface area contributed by atoms with Crippen LogP contribution in [0.25, 0.3) is 10.9 Å². The van der Waals surface area contributed by atoms with Crippen molar-refractivity contribution < 1.29 is 19.0 Å². The number of pyridine rings is 1. The van der Waals surface area contributed by atoms with Crippen molar-refractivity contribution in [2.24, 2.45) is 0 Å². The molecule has 2 aromatic rings. The van der Waals surface area contributed by atoms with E-state index < -0.39 is 11.8 Å². The fraction of sp³-hybridized carbons (Fsp3) is 0.412. The number of benzene rings is 1. The molecule has 0 aliphatic carbocycles. The summed E-state index contributed by atoms with van der Waals surface area (Å²) in [4.78, 5) is 16.8. The molecule has 0 spiro atoms. The summed E-state index contributed by atoms with van der Waals surface area (Å²) in [6.45, 7) is 10.1. The Morgan fingerprint density at radius 1 is 1.26 bits per heavy atom. The van der Waals surface area contributed by atoms with Gasteiger partial charge in [0, 0.05) is 11.6 Å². The molecule has 1 N–H and O–H groups in total. The Kier molecular flexibility index (Phi) is 7.41. The van der Waals surface area contributed by atoms with E-state index in [0.29, 0.717) is 5.39 Å². The zero-order valence-electron chi connectivity index (χ0n) is 14.0. The highest BCUT2D eigenvalue weighted by Crippen LogP contribution is 2.24. The summed E-state index contributed by atoms with van der Waals surface area (Å²) >= 11 is 0. The summed E-state index contributed by atoms with van der Waals surface area (Å²) in [6.07, 6.45) is 1.12. The third kappa shape index (κ3) is 4.89. The number of aromatic nitrogens is 1. The number of carbonyl (C=O) groups is 1. The molecule has 1 aromatic heterocycles. The number of rotatable bonds is 5. The molecule has 0 radical (unpaired) electrons. The molecule has 23 heavy (non-hydrogen) atoms. The molecule has 0 saturated heterocycles. The zero-order chi connectivity index (χ0) is 17.4. The van der Waals surface area contributed by atoms with E-state index in [4.69, 9.17) is 9.84 Å². The monoisotopic (exact) mass is 322 g/mol. The largest absolute Gasteiger partial charge is 0.494 e. The molecule has 126 valence electrons. The van der Waals surface area contributed by atoms with Crippen molar-refractivity contribution >= 4 is 16.9 Å². The topological polar surface area (TPSA) is 62.7 Å². The fourth-order valence-electron chi connectivity index (χ4n) is 2.09. The third-order valence-corrected chi connectivity index (χ3v) is 3.56. The van der Waals surface area contributed by atoms with E-state index in [0.717, 1.165) is 6.20 Å². The van der Waals surface area contributed by atoms with Gasteiger partial charge in [-0.15, -0.1) is 0 Å². The van der Waals surface area contributed by atoms with Crippen LogP contribution in [0.1, 0.15) is 31.1 Å². The second-order valence-electron chi connectivity index (χ2n) is 4.80. The number of carboxylic acids is 1. The number of nitrogens with zero attached hydrogens (tertiary/aromatic N) is 2. The van der Waals surface area contributed by atoms with Gasteiger partial charge in [0.25, 0.3) is 0 Å². The van der Waals surface area contributed by atoms with Crippen molar-refractivity contribution in [2.45, 2.75) is 20.8 Å². The number of fused-ring (bicyclic) bond motifs is 1. The van der Waals surface area contributed by atoms with Crippen LogP contribution in [0.15, 0.2) is 24.4 Å². The first-order valence-corrected chi connectivity index (χ1v) is 7.56. The lowest BCUT2D eigenvalue weighted by atomic mass is 10.1. The molecule has 1 aromatic carbocycles. The smallest absolute Gasteiger partial charge is 0.337 e. The predicted octanol–water partition coefficient (Wildman–Crippen LogP) is 3.43. The first-order chi connectivity index (χ1) is 11.0. The number of ether oxygens (including phenoxy) is 1. The maximum Gasteiger partial charge on any atom is 0.337 e. The predicted molar refractivity (Wildman–Crippen MR) is 88.7 cm³/mol. The van der Waals surface area contributed by atoms with E-state index >= 15 is 0 Å². The lowest BCUT2D eigenvalue weighted by Gasteiger charge is -2.13. The van der Waals surface area contributed by atoms with Gasteiger partial charge >= 0.3 is 5.97 Å². The fourth-order valence-corrected chi connectivity index (χ4v) is 2.09. The first-order valence-electron chi connectivity index (χ1n) is 7.56. The number of methoxy groups -OCH3 is 1. The van der Waals surface area contributed by atoms with Gasteiger partial charge in [-0.05, 0) is 37.8 Å². The highest BCUT2D eigenvalue weighted by molar-refractivity contribution is 5.92. The van der Waals surface area contributed by atoms with Crippen LogP contribution in [0.3, 0.4) is 0 Å². The summed E-state index contributed by atoms with van der Waals surface area (Å²) < 4.78 is 18.5. The number of halogens is 1. The number of hydrogen-bond donors (Lipinski definition) is 1. The second-order valence-corrected chi connectivity index (χ2v) is 4.80. The second kappa shape index (κ2) is 9.05. The Morgan fingerprint density at radius 2 is 1.87 bits per heavy atom. The van der Waals surface area contributed by atoms with Gasteiger partial charge in [0.05, 0.1) is 12.7 Å². The average molecular weight is 322 g/mol. The SMILES string of the molecule is CCN(CC)CC.COc1ccc2cc(C(=O)O)cnc2c1F. The van der Waals surface area contributed by atoms with Crippen molar-refractivity contribution in [3.63, 3.8) is 0 Å². The van der Waals surface area contributed by atoms with Gasteiger partial charge in [-0.25, -0.2) is 9.18 Å². The molecule has 1 heterocycles. The van der Waals surface area contributed by atoms with Crippen LogP contribution in [-0.4, -0.2) is 47.7 Å². The van der Waals surface area contributed by atoms with Crippen molar-refractivity contribution in [1.29, 1.82) is 0 Å². The van der Waals surface area contributed by atoms with Crippen LogP contribution in [0, 0.1) is 5.82 Å². The van der Waals surface area contributed by atoms with Crippen molar-refractivity contribution in [1.82, 2.24) is 9.88 Å². The van der Waals surface area contributed by atoms with Gasteiger partial charge in [0.2, 0.25) is 0 Å². The molecule has 0 atom stereocenters. The van der Waals surface area contributed by atoms with E-state index in [1.54, 1.807) is 6.07 Å². The van der Waals surface area contributed by atoms with Crippen LogP contribution >= 0.6 is 0 Å². The molecule has 2 rings (SSSR count). The number of hydrogen-bond acceptors (Lipinski definition) is 4. The van der Waals surface area contributed by atoms with Gasteiger partial charge in [-0.1, -0.05) is 20.8 Å². The number of carboxylic acid groups (broad SMARTS) is 1. The lowest BCUT2D eigenvalue weighted by molar-refractivity contribution is 0.0696. The summed E-state index contributed by atoms with van der Waals surface area (Å²) in [7, 11) is 1.36. The molecule has 0 aliphatic rings. The summed E-state index contributed by atoms with van der Waals surface area (Å²) in [5.41, 5.74) is 0.126. The van der Waals surface area contributed by atoms with Crippen LogP contribution in [-0.2, 0) is 0 Å².